The van der Waals surface area contributed by atoms with Crippen molar-refractivity contribution < 1.29 is 9.13 Å². The molecule has 1 atom stereocenters. The van der Waals surface area contributed by atoms with Crippen LogP contribution in [0.5, 0.6) is 0 Å². The van der Waals surface area contributed by atoms with Crippen LogP contribution in [0.15, 0.2) is 18.2 Å². The molecule has 0 aromatic heterocycles. The third kappa shape index (κ3) is 2.66. The Labute approximate surface area is 81.4 Å². The number of benzene rings is 1. The summed E-state index contributed by atoms with van der Waals surface area (Å²) >= 11 is 5.70. The number of rotatable bonds is 3. The van der Waals surface area contributed by atoms with E-state index in [1.54, 1.807) is 0 Å². The Morgan fingerprint density at radius 1 is 1.62 bits per heavy atom. The summed E-state index contributed by atoms with van der Waals surface area (Å²) in [5.41, 5.74) is 6.04. The van der Waals surface area contributed by atoms with Crippen LogP contribution in [0, 0.1) is 5.82 Å². The lowest BCUT2D eigenvalue weighted by atomic mass is 10.1. The molecule has 2 N–H and O–H groups in total. The zero-order valence-electron chi connectivity index (χ0n) is 7.26. The molecule has 0 saturated heterocycles. The maximum atomic E-state index is 13.1. The molecule has 0 spiro atoms. The number of nitrogens with two attached hydrogens (primary N) is 1. The van der Waals surface area contributed by atoms with Crippen LogP contribution < -0.4 is 5.73 Å². The van der Waals surface area contributed by atoms with Gasteiger partial charge < -0.3 is 10.5 Å². The fourth-order valence-corrected chi connectivity index (χ4v) is 1.25. The standard InChI is InChI=1S/C9H11ClFNO/c1-13-5-9(12)7-4-6(10)2-3-8(7)11/h2-4,9H,5,12H2,1H3/t9-/m0/s1. The van der Waals surface area contributed by atoms with Crippen molar-refractivity contribution in [3.8, 4) is 0 Å². The number of hydrogen-bond donors (Lipinski definition) is 1. The second-order valence-corrected chi connectivity index (χ2v) is 3.16. The van der Waals surface area contributed by atoms with E-state index >= 15 is 0 Å². The molecule has 0 bridgehead atoms. The lowest BCUT2D eigenvalue weighted by Crippen LogP contribution is -2.17. The molecule has 0 radical (unpaired) electrons. The number of methoxy groups -OCH3 is 1. The zero-order valence-corrected chi connectivity index (χ0v) is 8.01. The summed E-state index contributed by atoms with van der Waals surface area (Å²) in [6.07, 6.45) is 0. The minimum absolute atomic E-state index is 0.275. The van der Waals surface area contributed by atoms with E-state index in [2.05, 4.69) is 0 Å². The monoisotopic (exact) mass is 203 g/mol. The van der Waals surface area contributed by atoms with Crippen LogP contribution in [-0.2, 0) is 4.74 Å². The molecule has 0 fully saturated rings. The molecule has 0 aliphatic rings. The van der Waals surface area contributed by atoms with Gasteiger partial charge in [-0.15, -0.1) is 0 Å². The lowest BCUT2D eigenvalue weighted by Gasteiger charge is -2.11. The Morgan fingerprint density at radius 3 is 2.92 bits per heavy atom. The predicted molar refractivity (Wildman–Crippen MR) is 50.2 cm³/mol. The summed E-state index contributed by atoms with van der Waals surface area (Å²) in [5.74, 6) is -0.353. The van der Waals surface area contributed by atoms with Crippen molar-refractivity contribution in [3.05, 3.63) is 34.6 Å². The second-order valence-electron chi connectivity index (χ2n) is 2.73. The molecular weight excluding hydrogens is 193 g/mol. The molecule has 0 aliphatic carbocycles. The molecule has 0 amide bonds. The second kappa shape index (κ2) is 4.56. The van der Waals surface area contributed by atoms with Crippen molar-refractivity contribution in [2.24, 2.45) is 5.73 Å². The van der Waals surface area contributed by atoms with Crippen LogP contribution in [0.4, 0.5) is 4.39 Å². The summed E-state index contributed by atoms with van der Waals surface area (Å²) in [6, 6.07) is 3.83. The molecule has 0 aliphatic heterocycles. The maximum Gasteiger partial charge on any atom is 0.128 e. The highest BCUT2D eigenvalue weighted by molar-refractivity contribution is 6.30. The number of halogens is 2. The highest BCUT2D eigenvalue weighted by Gasteiger charge is 2.11. The highest BCUT2D eigenvalue weighted by Crippen LogP contribution is 2.19. The minimum atomic E-state index is -0.469. The van der Waals surface area contributed by atoms with Crippen LogP contribution in [-0.4, -0.2) is 13.7 Å². The molecule has 72 valence electrons. The molecule has 0 heterocycles. The first-order chi connectivity index (χ1) is 6.15. The molecule has 0 saturated carbocycles. The van der Waals surface area contributed by atoms with Crippen molar-refractivity contribution in [2.45, 2.75) is 6.04 Å². The van der Waals surface area contributed by atoms with Crippen molar-refractivity contribution in [2.75, 3.05) is 13.7 Å². The largest absolute Gasteiger partial charge is 0.383 e. The van der Waals surface area contributed by atoms with Gasteiger partial charge >= 0.3 is 0 Å². The molecule has 1 rings (SSSR count). The Morgan fingerprint density at radius 2 is 2.31 bits per heavy atom. The van der Waals surface area contributed by atoms with Gasteiger partial charge in [-0.2, -0.15) is 0 Å². The molecule has 13 heavy (non-hydrogen) atoms. The molecule has 4 heteroatoms. The van der Waals surface area contributed by atoms with Gasteiger partial charge in [-0.25, -0.2) is 4.39 Å². The summed E-state index contributed by atoms with van der Waals surface area (Å²) in [5, 5.41) is 0.475. The van der Waals surface area contributed by atoms with Gasteiger partial charge in [-0.1, -0.05) is 11.6 Å². The highest BCUT2D eigenvalue weighted by atomic mass is 35.5. The van der Waals surface area contributed by atoms with Gasteiger partial charge in [-0.3, -0.25) is 0 Å². The van der Waals surface area contributed by atoms with E-state index in [4.69, 9.17) is 22.1 Å². The van der Waals surface area contributed by atoms with Crippen molar-refractivity contribution >= 4 is 11.6 Å². The average molecular weight is 204 g/mol. The van der Waals surface area contributed by atoms with Crippen LogP contribution >= 0.6 is 11.6 Å². The Hall–Kier alpha value is -0.640. The molecule has 0 unspecified atom stereocenters. The first kappa shape index (κ1) is 10.4. The van der Waals surface area contributed by atoms with Gasteiger partial charge in [0.2, 0.25) is 0 Å². The van der Waals surface area contributed by atoms with Crippen molar-refractivity contribution in [3.63, 3.8) is 0 Å². The summed E-state index contributed by atoms with van der Waals surface area (Å²) in [7, 11) is 1.52. The van der Waals surface area contributed by atoms with E-state index in [9.17, 15) is 4.39 Å². The van der Waals surface area contributed by atoms with E-state index < -0.39 is 6.04 Å². The SMILES string of the molecule is COC[C@H](N)c1cc(Cl)ccc1F. The van der Waals surface area contributed by atoms with E-state index in [1.165, 1.54) is 25.3 Å². The van der Waals surface area contributed by atoms with Gasteiger partial charge in [0.1, 0.15) is 5.82 Å². The van der Waals surface area contributed by atoms with Crippen LogP contribution in [0.25, 0.3) is 0 Å². The molecule has 2 nitrogen and oxygen atoms in total. The van der Waals surface area contributed by atoms with E-state index in [1.807, 2.05) is 0 Å². The summed E-state index contributed by atoms with van der Waals surface area (Å²) in [6.45, 7) is 0.275. The Bertz CT molecular complexity index is 293. The van der Waals surface area contributed by atoms with E-state index in [0.29, 0.717) is 10.6 Å². The van der Waals surface area contributed by atoms with Crippen molar-refractivity contribution in [1.29, 1.82) is 0 Å². The van der Waals surface area contributed by atoms with Gasteiger partial charge in [0.05, 0.1) is 12.6 Å². The lowest BCUT2D eigenvalue weighted by molar-refractivity contribution is 0.179. The van der Waals surface area contributed by atoms with Crippen LogP contribution in [0.1, 0.15) is 11.6 Å². The Balaban J connectivity index is 2.91. The smallest absolute Gasteiger partial charge is 0.128 e. The first-order valence-electron chi connectivity index (χ1n) is 3.84. The van der Waals surface area contributed by atoms with Gasteiger partial charge in [0.15, 0.2) is 0 Å². The third-order valence-corrected chi connectivity index (χ3v) is 1.94. The number of hydrogen-bond acceptors (Lipinski definition) is 2. The Kier molecular flexibility index (Phi) is 3.66. The predicted octanol–water partition coefficient (Wildman–Crippen LogP) is 2.13. The normalized spacial score (nSPS) is 12.9. The van der Waals surface area contributed by atoms with Crippen molar-refractivity contribution in [1.82, 2.24) is 0 Å². The topological polar surface area (TPSA) is 35.2 Å². The first-order valence-corrected chi connectivity index (χ1v) is 4.22. The average Bonchev–Trinajstić information content (AvgIpc) is 2.09. The fraction of sp³-hybridized carbons (Fsp3) is 0.333. The maximum absolute atomic E-state index is 13.1. The van der Waals surface area contributed by atoms with E-state index in [-0.39, 0.29) is 12.4 Å². The molecular formula is C9H11ClFNO. The minimum Gasteiger partial charge on any atom is -0.383 e. The fourth-order valence-electron chi connectivity index (χ4n) is 1.07. The molecule has 1 aromatic rings. The van der Waals surface area contributed by atoms with Gasteiger partial charge in [0.25, 0.3) is 0 Å². The van der Waals surface area contributed by atoms with Gasteiger partial charge in [0, 0.05) is 17.7 Å². The quantitative estimate of drug-likeness (QED) is 0.817. The molecule has 1 aromatic carbocycles. The third-order valence-electron chi connectivity index (χ3n) is 1.70. The van der Waals surface area contributed by atoms with Crippen LogP contribution in [0.2, 0.25) is 5.02 Å². The van der Waals surface area contributed by atoms with E-state index in [0.717, 1.165) is 0 Å². The summed E-state index contributed by atoms with van der Waals surface area (Å²) < 4.78 is 18.0. The van der Waals surface area contributed by atoms with Crippen LogP contribution in [0.3, 0.4) is 0 Å². The van der Waals surface area contributed by atoms with Gasteiger partial charge in [-0.05, 0) is 18.2 Å². The number of ether oxygens (including phenoxy) is 1. The summed E-state index contributed by atoms with van der Waals surface area (Å²) in [4.78, 5) is 0. The zero-order chi connectivity index (χ0) is 9.84.